The van der Waals surface area contributed by atoms with E-state index in [1.165, 1.54) is 4.90 Å². The number of fused-ring (bicyclic) bond motifs is 1. The molecule has 1 aliphatic heterocycles. The first-order chi connectivity index (χ1) is 9.16. The second kappa shape index (κ2) is 4.20. The van der Waals surface area contributed by atoms with E-state index in [-0.39, 0.29) is 18.4 Å². The molecule has 2 heterocycles. The van der Waals surface area contributed by atoms with E-state index in [0.29, 0.717) is 22.6 Å². The molecule has 5 nitrogen and oxygen atoms in total. The molecule has 0 aliphatic carbocycles. The number of aromatic nitrogens is 1. The monoisotopic (exact) mass is 253 g/mol. The summed E-state index contributed by atoms with van der Waals surface area (Å²) in [5.74, 6) is -0.205. The van der Waals surface area contributed by atoms with Crippen LogP contribution in [0.4, 0.5) is 5.82 Å². The number of benzene rings is 1. The van der Waals surface area contributed by atoms with E-state index in [2.05, 4.69) is 4.98 Å². The van der Waals surface area contributed by atoms with Gasteiger partial charge in [0.2, 0.25) is 0 Å². The molecule has 0 spiro atoms. The number of hydrogen-bond acceptors (Lipinski definition) is 4. The molecule has 5 heteroatoms. The second-order valence-electron chi connectivity index (χ2n) is 4.30. The molecule has 94 valence electrons. The zero-order chi connectivity index (χ0) is 13.4. The van der Waals surface area contributed by atoms with Gasteiger partial charge in [-0.2, -0.15) is 0 Å². The smallest absolute Gasteiger partial charge is 0.261 e. The number of anilines is 1. The van der Waals surface area contributed by atoms with Gasteiger partial charge in [-0.25, -0.2) is 4.98 Å². The lowest BCUT2D eigenvalue weighted by Gasteiger charge is -2.13. The summed E-state index contributed by atoms with van der Waals surface area (Å²) in [5.41, 5.74) is 7.06. The topological polar surface area (TPSA) is 76.3 Å². The van der Waals surface area contributed by atoms with Crippen LogP contribution in [0.15, 0.2) is 42.5 Å². The van der Waals surface area contributed by atoms with Crippen LogP contribution in [0, 0.1) is 0 Å². The molecular formula is C14H11N3O2. The number of amides is 2. The van der Waals surface area contributed by atoms with Crippen LogP contribution in [-0.2, 0) is 6.54 Å². The molecule has 2 aromatic rings. The number of pyridine rings is 1. The fourth-order valence-electron chi connectivity index (χ4n) is 2.13. The quantitative estimate of drug-likeness (QED) is 0.822. The molecule has 19 heavy (non-hydrogen) atoms. The number of carbonyl (C=O) groups is 2. The van der Waals surface area contributed by atoms with Crippen molar-refractivity contribution < 1.29 is 9.59 Å². The Bertz CT molecular complexity index is 647. The van der Waals surface area contributed by atoms with Gasteiger partial charge in [-0.05, 0) is 24.3 Å². The number of rotatable bonds is 2. The highest BCUT2D eigenvalue weighted by Crippen LogP contribution is 2.23. The van der Waals surface area contributed by atoms with Crippen LogP contribution < -0.4 is 5.73 Å². The van der Waals surface area contributed by atoms with Crippen molar-refractivity contribution in [3.05, 3.63) is 59.3 Å². The van der Waals surface area contributed by atoms with Gasteiger partial charge in [0.05, 0.1) is 23.4 Å². The SMILES string of the molecule is Nc1cccc(CN2C(=O)c3ccccc3C2=O)n1. The lowest BCUT2D eigenvalue weighted by molar-refractivity contribution is 0.0640. The maximum absolute atomic E-state index is 12.1. The normalized spacial score (nSPS) is 13.8. The molecule has 2 N–H and O–H groups in total. The Morgan fingerprint density at radius 3 is 2.16 bits per heavy atom. The minimum Gasteiger partial charge on any atom is -0.384 e. The molecule has 0 atom stereocenters. The van der Waals surface area contributed by atoms with Crippen LogP contribution >= 0.6 is 0 Å². The Hall–Kier alpha value is -2.69. The Labute approximate surface area is 109 Å². The second-order valence-corrected chi connectivity index (χ2v) is 4.30. The molecule has 1 aliphatic rings. The first-order valence-corrected chi connectivity index (χ1v) is 5.83. The maximum Gasteiger partial charge on any atom is 0.261 e. The van der Waals surface area contributed by atoms with Crippen molar-refractivity contribution in [2.75, 3.05) is 5.73 Å². The van der Waals surface area contributed by atoms with Gasteiger partial charge in [-0.1, -0.05) is 18.2 Å². The summed E-state index contributed by atoms with van der Waals surface area (Å²) < 4.78 is 0. The van der Waals surface area contributed by atoms with E-state index >= 15 is 0 Å². The summed E-state index contributed by atoms with van der Waals surface area (Å²) in [6, 6.07) is 11.9. The molecule has 0 saturated carbocycles. The highest BCUT2D eigenvalue weighted by atomic mass is 16.2. The van der Waals surface area contributed by atoms with E-state index < -0.39 is 0 Å². The summed E-state index contributed by atoms with van der Waals surface area (Å²) in [7, 11) is 0. The van der Waals surface area contributed by atoms with E-state index in [1.54, 1.807) is 42.5 Å². The summed E-state index contributed by atoms with van der Waals surface area (Å²) >= 11 is 0. The molecule has 0 saturated heterocycles. The molecule has 1 aromatic heterocycles. The van der Waals surface area contributed by atoms with Gasteiger partial charge < -0.3 is 5.73 Å². The third-order valence-corrected chi connectivity index (χ3v) is 3.03. The van der Waals surface area contributed by atoms with Gasteiger partial charge in [0, 0.05) is 0 Å². The third-order valence-electron chi connectivity index (χ3n) is 3.03. The number of nitrogens with zero attached hydrogens (tertiary/aromatic N) is 2. The van der Waals surface area contributed by atoms with Crippen molar-refractivity contribution in [3.63, 3.8) is 0 Å². The van der Waals surface area contributed by atoms with Gasteiger partial charge in [0.1, 0.15) is 5.82 Å². The average molecular weight is 253 g/mol. The highest BCUT2D eigenvalue weighted by Gasteiger charge is 2.35. The van der Waals surface area contributed by atoms with Gasteiger partial charge in [-0.3, -0.25) is 14.5 Å². The van der Waals surface area contributed by atoms with Crippen LogP contribution in [0.2, 0.25) is 0 Å². The van der Waals surface area contributed by atoms with Gasteiger partial charge in [0.25, 0.3) is 11.8 Å². The summed E-state index contributed by atoms with van der Waals surface area (Å²) in [6.45, 7) is 0.136. The highest BCUT2D eigenvalue weighted by molar-refractivity contribution is 6.21. The average Bonchev–Trinajstić information content (AvgIpc) is 2.65. The van der Waals surface area contributed by atoms with E-state index in [1.807, 2.05) is 0 Å². The number of nitrogen functional groups attached to an aromatic ring is 1. The minimum atomic E-state index is -0.287. The third kappa shape index (κ3) is 1.85. The zero-order valence-electron chi connectivity index (χ0n) is 10.0. The fraction of sp³-hybridized carbons (Fsp3) is 0.0714. The van der Waals surface area contributed by atoms with Crippen LogP contribution in [0.3, 0.4) is 0 Å². The predicted octanol–water partition coefficient (Wildman–Crippen LogP) is 1.46. The molecule has 0 bridgehead atoms. The first-order valence-electron chi connectivity index (χ1n) is 5.83. The summed E-state index contributed by atoms with van der Waals surface area (Å²) in [4.78, 5) is 29.6. The summed E-state index contributed by atoms with van der Waals surface area (Å²) in [5, 5.41) is 0. The molecule has 0 radical (unpaired) electrons. The largest absolute Gasteiger partial charge is 0.384 e. The predicted molar refractivity (Wildman–Crippen MR) is 69.3 cm³/mol. The number of nitrogens with two attached hydrogens (primary N) is 1. The standard InChI is InChI=1S/C14H11N3O2/c15-12-7-3-4-9(16-12)8-17-13(18)10-5-1-2-6-11(10)14(17)19/h1-7H,8H2,(H2,15,16). The molecule has 3 rings (SSSR count). The molecule has 1 aromatic carbocycles. The maximum atomic E-state index is 12.1. The van der Waals surface area contributed by atoms with Crippen molar-refractivity contribution >= 4 is 17.6 Å². The Morgan fingerprint density at radius 1 is 0.947 bits per heavy atom. The van der Waals surface area contributed by atoms with E-state index in [0.717, 1.165) is 0 Å². The van der Waals surface area contributed by atoms with Crippen molar-refractivity contribution in [2.24, 2.45) is 0 Å². The van der Waals surface area contributed by atoms with Crippen molar-refractivity contribution in [2.45, 2.75) is 6.54 Å². The van der Waals surface area contributed by atoms with Crippen molar-refractivity contribution in [1.82, 2.24) is 9.88 Å². The Morgan fingerprint density at radius 2 is 1.58 bits per heavy atom. The number of carbonyl (C=O) groups excluding carboxylic acids is 2. The lowest BCUT2D eigenvalue weighted by atomic mass is 10.1. The van der Waals surface area contributed by atoms with Crippen molar-refractivity contribution in [1.29, 1.82) is 0 Å². The Balaban J connectivity index is 1.92. The van der Waals surface area contributed by atoms with Crippen LogP contribution in [0.1, 0.15) is 26.4 Å². The molecule has 0 fully saturated rings. The molecular weight excluding hydrogens is 242 g/mol. The fourth-order valence-corrected chi connectivity index (χ4v) is 2.13. The zero-order valence-corrected chi connectivity index (χ0v) is 10.0. The Kier molecular flexibility index (Phi) is 2.52. The molecule has 2 amide bonds. The minimum absolute atomic E-state index is 0.136. The number of hydrogen-bond donors (Lipinski definition) is 1. The van der Waals surface area contributed by atoms with Crippen LogP contribution in [0.25, 0.3) is 0 Å². The number of imide groups is 1. The van der Waals surface area contributed by atoms with Crippen molar-refractivity contribution in [3.8, 4) is 0 Å². The van der Waals surface area contributed by atoms with Gasteiger partial charge >= 0.3 is 0 Å². The van der Waals surface area contributed by atoms with Crippen LogP contribution in [0.5, 0.6) is 0 Å². The summed E-state index contributed by atoms with van der Waals surface area (Å²) in [6.07, 6.45) is 0. The van der Waals surface area contributed by atoms with Crippen LogP contribution in [-0.4, -0.2) is 21.7 Å². The molecule has 0 unspecified atom stereocenters. The van der Waals surface area contributed by atoms with E-state index in [4.69, 9.17) is 5.73 Å². The van der Waals surface area contributed by atoms with E-state index in [9.17, 15) is 9.59 Å². The lowest BCUT2D eigenvalue weighted by Crippen LogP contribution is -2.29. The first kappa shape index (κ1) is 11.4. The van der Waals surface area contributed by atoms with Gasteiger partial charge in [0.15, 0.2) is 0 Å². The van der Waals surface area contributed by atoms with Gasteiger partial charge in [-0.15, -0.1) is 0 Å².